The van der Waals surface area contributed by atoms with Gasteiger partial charge < -0.3 is 14.8 Å². The molecular weight excluding hydrogens is 361 g/mol. The Balaban J connectivity index is 1.83. The Bertz CT molecular complexity index is 789. The largest absolute Gasteiger partial charge is 0.342 e. The van der Waals surface area contributed by atoms with Gasteiger partial charge in [-0.3, -0.25) is 9.59 Å². The van der Waals surface area contributed by atoms with Crippen LogP contribution in [0.2, 0.25) is 10.2 Å². The van der Waals surface area contributed by atoms with Crippen LogP contribution in [0, 0.1) is 0 Å². The van der Waals surface area contributed by atoms with Crippen LogP contribution in [-0.4, -0.2) is 34.4 Å². The van der Waals surface area contributed by atoms with Gasteiger partial charge in [0.1, 0.15) is 10.8 Å². The second kappa shape index (κ2) is 7.50. The average molecular weight is 380 g/mol. The SMILES string of the molecule is Cn1c(C(=O)NC(CN2CCCC2=O)c2ccccc2)cc(Cl)c1Cl. The van der Waals surface area contributed by atoms with Gasteiger partial charge in [0.25, 0.3) is 5.91 Å². The van der Waals surface area contributed by atoms with Crippen molar-refractivity contribution in [3.8, 4) is 0 Å². The molecule has 0 saturated carbocycles. The molecule has 0 aliphatic carbocycles. The van der Waals surface area contributed by atoms with Crippen LogP contribution in [0.1, 0.15) is 34.9 Å². The van der Waals surface area contributed by atoms with Gasteiger partial charge in [-0.15, -0.1) is 0 Å². The molecule has 7 heteroatoms. The zero-order valence-corrected chi connectivity index (χ0v) is 15.3. The molecule has 1 N–H and O–H groups in total. The van der Waals surface area contributed by atoms with Crippen molar-refractivity contribution in [1.29, 1.82) is 0 Å². The Hall–Kier alpha value is -1.98. The molecule has 25 heavy (non-hydrogen) atoms. The Kier molecular flexibility index (Phi) is 5.35. The number of halogens is 2. The topological polar surface area (TPSA) is 54.3 Å². The van der Waals surface area contributed by atoms with E-state index in [4.69, 9.17) is 23.2 Å². The summed E-state index contributed by atoms with van der Waals surface area (Å²) in [7, 11) is 1.69. The van der Waals surface area contributed by atoms with Gasteiger partial charge in [-0.2, -0.15) is 0 Å². The maximum absolute atomic E-state index is 12.7. The molecule has 5 nitrogen and oxygen atoms in total. The van der Waals surface area contributed by atoms with E-state index in [1.54, 1.807) is 22.6 Å². The standard InChI is InChI=1S/C18H19Cl2N3O2/c1-22-15(10-13(19)17(22)20)18(25)21-14(12-6-3-2-4-7-12)11-23-9-5-8-16(23)24/h2-4,6-7,10,14H,5,8-9,11H2,1H3,(H,21,25). The number of amides is 2. The predicted molar refractivity (Wildman–Crippen MR) is 97.9 cm³/mol. The molecule has 1 aliphatic rings. The summed E-state index contributed by atoms with van der Waals surface area (Å²) in [4.78, 5) is 26.5. The number of carbonyl (C=O) groups is 2. The highest BCUT2D eigenvalue weighted by atomic mass is 35.5. The minimum atomic E-state index is -0.303. The van der Waals surface area contributed by atoms with E-state index in [9.17, 15) is 9.59 Å². The zero-order chi connectivity index (χ0) is 18.0. The molecular formula is C18H19Cl2N3O2. The second-order valence-corrected chi connectivity index (χ2v) is 6.87. The van der Waals surface area contributed by atoms with Gasteiger partial charge in [0.2, 0.25) is 5.91 Å². The molecule has 1 aliphatic heterocycles. The van der Waals surface area contributed by atoms with Crippen molar-refractivity contribution in [2.24, 2.45) is 7.05 Å². The molecule has 0 bridgehead atoms. The van der Waals surface area contributed by atoms with Crippen LogP contribution < -0.4 is 5.32 Å². The third-order valence-electron chi connectivity index (χ3n) is 4.43. The molecule has 132 valence electrons. The van der Waals surface area contributed by atoms with E-state index in [0.29, 0.717) is 28.8 Å². The summed E-state index contributed by atoms with van der Waals surface area (Å²) >= 11 is 12.1. The highest BCUT2D eigenvalue weighted by Crippen LogP contribution is 2.26. The minimum Gasteiger partial charge on any atom is -0.342 e. The van der Waals surface area contributed by atoms with Gasteiger partial charge >= 0.3 is 0 Å². The van der Waals surface area contributed by atoms with E-state index >= 15 is 0 Å². The lowest BCUT2D eigenvalue weighted by Gasteiger charge is -2.25. The average Bonchev–Trinajstić information content (AvgIpc) is 3.13. The number of carbonyl (C=O) groups excluding carboxylic acids is 2. The van der Waals surface area contributed by atoms with Crippen LogP contribution in [0.4, 0.5) is 0 Å². The zero-order valence-electron chi connectivity index (χ0n) is 13.8. The van der Waals surface area contributed by atoms with Gasteiger partial charge in [0, 0.05) is 26.6 Å². The van der Waals surface area contributed by atoms with E-state index in [-0.39, 0.29) is 17.9 Å². The van der Waals surface area contributed by atoms with Crippen molar-refractivity contribution >= 4 is 35.0 Å². The highest BCUT2D eigenvalue weighted by molar-refractivity contribution is 6.41. The number of hydrogen-bond acceptors (Lipinski definition) is 2. The Morgan fingerprint density at radius 3 is 2.56 bits per heavy atom. The minimum absolute atomic E-state index is 0.125. The Morgan fingerprint density at radius 2 is 2.00 bits per heavy atom. The number of aromatic nitrogens is 1. The summed E-state index contributed by atoms with van der Waals surface area (Å²) in [5, 5.41) is 3.66. The molecule has 3 rings (SSSR count). The Morgan fingerprint density at radius 1 is 1.28 bits per heavy atom. The molecule has 0 spiro atoms. The maximum Gasteiger partial charge on any atom is 0.268 e. The third-order valence-corrected chi connectivity index (χ3v) is 5.27. The van der Waals surface area contributed by atoms with Crippen molar-refractivity contribution in [2.45, 2.75) is 18.9 Å². The van der Waals surface area contributed by atoms with E-state index in [1.165, 1.54) is 0 Å². The van der Waals surface area contributed by atoms with Gasteiger partial charge in [0.05, 0.1) is 11.1 Å². The quantitative estimate of drug-likeness (QED) is 0.864. The monoisotopic (exact) mass is 379 g/mol. The summed E-state index contributed by atoms with van der Waals surface area (Å²) in [5.41, 5.74) is 1.32. The number of rotatable bonds is 5. The van der Waals surface area contributed by atoms with Crippen LogP contribution in [0.15, 0.2) is 36.4 Å². The molecule has 2 amide bonds. The predicted octanol–water partition coefficient (Wildman–Crippen LogP) is 3.43. The van der Waals surface area contributed by atoms with Gasteiger partial charge in [0.15, 0.2) is 0 Å². The molecule has 1 aromatic heterocycles. The van der Waals surface area contributed by atoms with Crippen LogP contribution in [0.3, 0.4) is 0 Å². The van der Waals surface area contributed by atoms with Crippen LogP contribution in [0.5, 0.6) is 0 Å². The van der Waals surface area contributed by atoms with Gasteiger partial charge in [-0.05, 0) is 18.1 Å². The first-order valence-corrected chi connectivity index (χ1v) is 8.87. The molecule has 2 aromatic rings. The number of nitrogens with one attached hydrogen (secondary N) is 1. The summed E-state index contributed by atoms with van der Waals surface area (Å²) in [6.45, 7) is 1.17. The number of likely N-dealkylation sites (tertiary alicyclic amines) is 1. The van der Waals surface area contributed by atoms with Gasteiger partial charge in [-0.25, -0.2) is 0 Å². The van der Waals surface area contributed by atoms with Crippen molar-refractivity contribution in [1.82, 2.24) is 14.8 Å². The first-order chi connectivity index (χ1) is 12.0. The molecule has 1 atom stereocenters. The molecule has 1 saturated heterocycles. The van der Waals surface area contributed by atoms with E-state index in [2.05, 4.69) is 5.32 Å². The fourth-order valence-electron chi connectivity index (χ4n) is 3.03. The summed E-state index contributed by atoms with van der Waals surface area (Å²) in [6, 6.07) is 10.9. The smallest absolute Gasteiger partial charge is 0.268 e. The summed E-state index contributed by atoms with van der Waals surface area (Å²) in [6.07, 6.45) is 1.43. The van der Waals surface area contributed by atoms with Crippen molar-refractivity contribution in [3.05, 3.63) is 57.8 Å². The Labute approximate surface area is 156 Å². The lowest BCUT2D eigenvalue weighted by atomic mass is 10.1. The number of nitrogens with zero attached hydrogens (tertiary/aromatic N) is 2. The highest BCUT2D eigenvalue weighted by Gasteiger charge is 2.26. The first-order valence-electron chi connectivity index (χ1n) is 8.11. The third kappa shape index (κ3) is 3.83. The number of hydrogen-bond donors (Lipinski definition) is 1. The van der Waals surface area contributed by atoms with E-state index in [1.807, 2.05) is 30.3 Å². The first kappa shape index (κ1) is 17.8. The van der Waals surface area contributed by atoms with Crippen molar-refractivity contribution in [3.63, 3.8) is 0 Å². The fraction of sp³-hybridized carbons (Fsp3) is 0.333. The normalized spacial score (nSPS) is 15.5. The van der Waals surface area contributed by atoms with Crippen molar-refractivity contribution < 1.29 is 9.59 Å². The van der Waals surface area contributed by atoms with Crippen molar-refractivity contribution in [2.75, 3.05) is 13.1 Å². The molecule has 1 fully saturated rings. The lowest BCUT2D eigenvalue weighted by molar-refractivity contribution is -0.128. The fourth-order valence-corrected chi connectivity index (χ4v) is 3.41. The van der Waals surface area contributed by atoms with Crippen LogP contribution >= 0.6 is 23.2 Å². The molecule has 0 radical (unpaired) electrons. The van der Waals surface area contributed by atoms with E-state index in [0.717, 1.165) is 18.5 Å². The summed E-state index contributed by atoms with van der Waals surface area (Å²) in [5.74, 6) is -0.156. The van der Waals surface area contributed by atoms with E-state index < -0.39 is 0 Å². The maximum atomic E-state index is 12.7. The van der Waals surface area contributed by atoms with Crippen LogP contribution in [0.25, 0.3) is 0 Å². The molecule has 1 aromatic carbocycles. The summed E-state index contributed by atoms with van der Waals surface area (Å²) < 4.78 is 1.54. The van der Waals surface area contributed by atoms with Gasteiger partial charge in [-0.1, -0.05) is 53.5 Å². The van der Waals surface area contributed by atoms with Crippen LogP contribution in [-0.2, 0) is 11.8 Å². The number of benzene rings is 1. The molecule has 2 heterocycles. The molecule has 1 unspecified atom stereocenters. The second-order valence-electron chi connectivity index (χ2n) is 6.11. The lowest BCUT2D eigenvalue weighted by Crippen LogP contribution is -2.39.